The molecule has 1 N–H and O–H groups in total. The average molecular weight is 249 g/mol. The van der Waals surface area contributed by atoms with Crippen LogP contribution in [-0.2, 0) is 10.0 Å². The molecule has 1 heterocycles. The number of nitrogens with zero attached hydrogens (tertiary/aromatic N) is 2. The van der Waals surface area contributed by atoms with Gasteiger partial charge in [0, 0.05) is 25.7 Å². The third kappa shape index (κ3) is 4.01. The third-order valence-corrected chi connectivity index (χ3v) is 4.87. The SMILES string of the molecule is CC1CNCCCS(=O)(=O)N1CCN(C)C. The van der Waals surface area contributed by atoms with Crippen molar-refractivity contribution in [1.82, 2.24) is 14.5 Å². The van der Waals surface area contributed by atoms with Gasteiger partial charge in [-0.05, 0) is 34.0 Å². The molecule has 1 fully saturated rings. The topological polar surface area (TPSA) is 52.7 Å². The lowest BCUT2D eigenvalue weighted by Gasteiger charge is -2.31. The highest BCUT2D eigenvalue weighted by atomic mass is 32.2. The summed E-state index contributed by atoms with van der Waals surface area (Å²) >= 11 is 0. The van der Waals surface area contributed by atoms with E-state index < -0.39 is 10.0 Å². The summed E-state index contributed by atoms with van der Waals surface area (Å²) in [5.74, 6) is 0.262. The summed E-state index contributed by atoms with van der Waals surface area (Å²) in [5.41, 5.74) is 0. The van der Waals surface area contributed by atoms with Crippen LogP contribution in [0.2, 0.25) is 0 Å². The number of rotatable bonds is 3. The van der Waals surface area contributed by atoms with Gasteiger partial charge in [-0.3, -0.25) is 0 Å². The molecule has 0 aromatic heterocycles. The minimum atomic E-state index is -3.06. The van der Waals surface area contributed by atoms with Gasteiger partial charge in [0.05, 0.1) is 5.75 Å². The van der Waals surface area contributed by atoms with Crippen LogP contribution < -0.4 is 5.32 Å². The summed E-state index contributed by atoms with van der Waals surface area (Å²) in [6, 6.07) is 0.0465. The van der Waals surface area contributed by atoms with Crippen molar-refractivity contribution in [3.63, 3.8) is 0 Å². The van der Waals surface area contributed by atoms with Gasteiger partial charge in [-0.25, -0.2) is 8.42 Å². The summed E-state index contributed by atoms with van der Waals surface area (Å²) in [7, 11) is 0.854. The second-order valence-electron chi connectivity index (χ2n) is 4.64. The lowest BCUT2D eigenvalue weighted by Crippen LogP contribution is -2.49. The van der Waals surface area contributed by atoms with Crippen LogP contribution in [0.25, 0.3) is 0 Å². The van der Waals surface area contributed by atoms with Crippen molar-refractivity contribution in [1.29, 1.82) is 0 Å². The summed E-state index contributed by atoms with van der Waals surface area (Å²) in [5, 5.41) is 3.27. The maximum Gasteiger partial charge on any atom is 0.214 e. The molecule has 0 saturated carbocycles. The van der Waals surface area contributed by atoms with Gasteiger partial charge in [0.25, 0.3) is 0 Å². The lowest BCUT2D eigenvalue weighted by molar-refractivity contribution is 0.280. The molecule has 96 valence electrons. The second kappa shape index (κ2) is 5.95. The van der Waals surface area contributed by atoms with Gasteiger partial charge >= 0.3 is 0 Å². The average Bonchev–Trinajstić information content (AvgIpc) is 2.14. The molecule has 1 atom stereocenters. The molecule has 1 unspecified atom stereocenters. The Hall–Kier alpha value is -0.170. The number of likely N-dealkylation sites (N-methyl/N-ethyl adjacent to an activating group) is 1. The van der Waals surface area contributed by atoms with E-state index in [1.54, 1.807) is 4.31 Å². The van der Waals surface area contributed by atoms with Gasteiger partial charge in [-0.2, -0.15) is 4.31 Å². The molecule has 0 aliphatic carbocycles. The number of sulfonamides is 1. The Morgan fingerprint density at radius 3 is 2.75 bits per heavy atom. The predicted molar refractivity (Wildman–Crippen MR) is 66.0 cm³/mol. The van der Waals surface area contributed by atoms with Crippen LogP contribution in [0.15, 0.2) is 0 Å². The Morgan fingerprint density at radius 1 is 1.44 bits per heavy atom. The van der Waals surface area contributed by atoms with E-state index in [4.69, 9.17) is 0 Å². The smallest absolute Gasteiger partial charge is 0.214 e. The minimum absolute atomic E-state index is 0.0465. The molecule has 0 spiro atoms. The largest absolute Gasteiger partial charge is 0.315 e. The molecule has 5 nitrogen and oxygen atoms in total. The van der Waals surface area contributed by atoms with Gasteiger partial charge in [0.15, 0.2) is 0 Å². The fraction of sp³-hybridized carbons (Fsp3) is 1.00. The molecule has 0 bridgehead atoms. The van der Waals surface area contributed by atoms with E-state index in [9.17, 15) is 8.42 Å². The number of hydrogen-bond acceptors (Lipinski definition) is 4. The maximum absolute atomic E-state index is 12.1. The Bertz CT molecular complexity index is 303. The molecule has 1 aliphatic heterocycles. The van der Waals surface area contributed by atoms with Crippen molar-refractivity contribution in [2.24, 2.45) is 0 Å². The van der Waals surface area contributed by atoms with Crippen LogP contribution in [0.3, 0.4) is 0 Å². The van der Waals surface area contributed by atoms with E-state index in [1.807, 2.05) is 25.9 Å². The highest BCUT2D eigenvalue weighted by molar-refractivity contribution is 7.89. The van der Waals surface area contributed by atoms with Crippen molar-refractivity contribution in [2.75, 3.05) is 46.0 Å². The quantitative estimate of drug-likeness (QED) is 0.737. The Kier molecular flexibility index (Phi) is 5.17. The van der Waals surface area contributed by atoms with E-state index in [0.29, 0.717) is 13.0 Å². The first-order valence-corrected chi connectivity index (χ1v) is 7.39. The van der Waals surface area contributed by atoms with E-state index in [2.05, 4.69) is 5.32 Å². The van der Waals surface area contributed by atoms with Gasteiger partial charge in [0.2, 0.25) is 10.0 Å². The van der Waals surface area contributed by atoms with Crippen LogP contribution in [-0.4, -0.2) is 69.7 Å². The first-order valence-electron chi connectivity index (χ1n) is 5.78. The molecule has 1 saturated heterocycles. The number of nitrogens with one attached hydrogen (secondary N) is 1. The molecular formula is C10H23N3O2S. The van der Waals surface area contributed by atoms with Crippen LogP contribution in [0.5, 0.6) is 0 Å². The Labute approximate surface area is 98.8 Å². The van der Waals surface area contributed by atoms with Crippen LogP contribution in [0.4, 0.5) is 0 Å². The van der Waals surface area contributed by atoms with Crippen LogP contribution in [0.1, 0.15) is 13.3 Å². The highest BCUT2D eigenvalue weighted by Gasteiger charge is 2.27. The van der Waals surface area contributed by atoms with E-state index in [1.165, 1.54) is 0 Å². The summed E-state index contributed by atoms with van der Waals surface area (Å²) in [6.45, 7) is 4.85. The molecular weight excluding hydrogens is 226 g/mol. The van der Waals surface area contributed by atoms with Crippen LogP contribution in [0, 0.1) is 0 Å². The molecule has 0 aromatic carbocycles. The van der Waals surface area contributed by atoms with Gasteiger partial charge < -0.3 is 10.2 Å². The molecule has 16 heavy (non-hydrogen) atoms. The molecule has 1 rings (SSSR count). The molecule has 0 radical (unpaired) electrons. The molecule has 0 amide bonds. The lowest BCUT2D eigenvalue weighted by atomic mass is 10.3. The monoisotopic (exact) mass is 249 g/mol. The summed E-state index contributed by atoms with van der Waals surface area (Å²) in [6.07, 6.45) is 0.702. The van der Waals surface area contributed by atoms with Crippen molar-refractivity contribution in [3.8, 4) is 0 Å². The van der Waals surface area contributed by atoms with Crippen molar-refractivity contribution in [2.45, 2.75) is 19.4 Å². The fourth-order valence-corrected chi connectivity index (χ4v) is 3.57. The third-order valence-electron chi connectivity index (χ3n) is 2.81. The summed E-state index contributed by atoms with van der Waals surface area (Å²) < 4.78 is 25.8. The maximum atomic E-state index is 12.1. The molecule has 0 aromatic rings. The zero-order valence-corrected chi connectivity index (χ0v) is 11.3. The standard InChI is InChI=1S/C10H23N3O2S/c1-10-9-11-5-4-8-16(14,15)13(10)7-6-12(2)3/h10-11H,4-9H2,1-3H3. The second-order valence-corrected chi connectivity index (χ2v) is 6.68. The zero-order chi connectivity index (χ0) is 12.2. The van der Waals surface area contributed by atoms with E-state index in [0.717, 1.165) is 19.6 Å². The zero-order valence-electron chi connectivity index (χ0n) is 10.4. The first-order chi connectivity index (χ1) is 7.43. The minimum Gasteiger partial charge on any atom is -0.315 e. The first kappa shape index (κ1) is 13.9. The molecule has 1 aliphatic rings. The predicted octanol–water partition coefficient (Wildman–Crippen LogP) is -0.438. The van der Waals surface area contributed by atoms with Gasteiger partial charge in [-0.1, -0.05) is 0 Å². The van der Waals surface area contributed by atoms with E-state index >= 15 is 0 Å². The van der Waals surface area contributed by atoms with Crippen molar-refractivity contribution >= 4 is 10.0 Å². The highest BCUT2D eigenvalue weighted by Crippen LogP contribution is 2.10. The molecule has 6 heteroatoms. The van der Waals surface area contributed by atoms with Crippen molar-refractivity contribution in [3.05, 3.63) is 0 Å². The Morgan fingerprint density at radius 2 is 2.12 bits per heavy atom. The van der Waals surface area contributed by atoms with Gasteiger partial charge in [-0.15, -0.1) is 0 Å². The van der Waals surface area contributed by atoms with E-state index in [-0.39, 0.29) is 11.8 Å². The summed E-state index contributed by atoms with van der Waals surface area (Å²) in [4.78, 5) is 2.01. The Balaban J connectivity index is 2.70. The van der Waals surface area contributed by atoms with Gasteiger partial charge in [0.1, 0.15) is 0 Å². The fourth-order valence-electron chi connectivity index (χ4n) is 1.84. The number of hydrogen-bond donors (Lipinski definition) is 1. The van der Waals surface area contributed by atoms with Crippen LogP contribution >= 0.6 is 0 Å². The van der Waals surface area contributed by atoms with Crippen molar-refractivity contribution < 1.29 is 8.42 Å². The normalized spacial score (nSPS) is 27.6.